The lowest BCUT2D eigenvalue weighted by atomic mass is 9.61. The van der Waals surface area contributed by atoms with Crippen molar-refractivity contribution in [3.63, 3.8) is 0 Å². The Balaban J connectivity index is 1.96. The summed E-state index contributed by atoms with van der Waals surface area (Å²) in [6, 6.07) is 29.5. The number of hydroxylamine groups is 1. The largest absolute Gasteiger partial charge is 0.390 e. The molecule has 1 fully saturated rings. The monoisotopic (exact) mass is 513 g/mol. The Morgan fingerprint density at radius 3 is 1.95 bits per heavy atom. The number of aliphatic hydroxyl groups excluding tert-OH is 1. The average molecular weight is 514 g/mol. The summed E-state index contributed by atoms with van der Waals surface area (Å²) in [5.74, 6) is 0. The Bertz CT molecular complexity index is 1390. The molecule has 8 nitrogen and oxygen atoms in total. The first-order valence-electron chi connectivity index (χ1n) is 12.6. The lowest BCUT2D eigenvalue weighted by molar-refractivity contribution is -0.142. The van der Waals surface area contributed by atoms with E-state index >= 15 is 0 Å². The number of nitrogens with zero attached hydrogens (tertiary/aromatic N) is 1. The molecule has 2 heterocycles. The zero-order valence-electron chi connectivity index (χ0n) is 21.3. The third-order valence-corrected chi connectivity index (χ3v) is 7.41. The molecule has 0 aliphatic carbocycles. The van der Waals surface area contributed by atoms with E-state index in [1.165, 1.54) is 17.9 Å². The number of ether oxygens (including phenoxy) is 1. The summed E-state index contributed by atoms with van der Waals surface area (Å²) in [7, 11) is 1.49. The van der Waals surface area contributed by atoms with Crippen molar-refractivity contribution in [1.82, 2.24) is 15.0 Å². The number of hydrogen-bond acceptors (Lipinski definition) is 6. The van der Waals surface area contributed by atoms with Gasteiger partial charge < -0.3 is 14.7 Å². The van der Waals surface area contributed by atoms with Crippen LogP contribution in [0.25, 0.3) is 0 Å². The van der Waals surface area contributed by atoms with Gasteiger partial charge in [-0.3, -0.25) is 14.3 Å². The molecular weight excluding hydrogens is 482 g/mol. The van der Waals surface area contributed by atoms with E-state index in [1.807, 2.05) is 91.0 Å². The maximum atomic E-state index is 13.7. The van der Waals surface area contributed by atoms with Gasteiger partial charge in [-0.05, 0) is 23.6 Å². The van der Waals surface area contributed by atoms with Gasteiger partial charge in [-0.2, -0.15) is 0 Å². The van der Waals surface area contributed by atoms with Crippen LogP contribution < -0.4 is 16.7 Å². The Hall–Kier alpha value is -3.82. The second kappa shape index (κ2) is 10.5. The number of aliphatic hydroxyl groups is 1. The fourth-order valence-corrected chi connectivity index (χ4v) is 5.79. The van der Waals surface area contributed by atoms with E-state index in [4.69, 9.17) is 9.57 Å². The number of nitrogens with one attached hydrogen (secondary N) is 2. The molecule has 0 spiro atoms. The minimum Gasteiger partial charge on any atom is -0.390 e. The van der Waals surface area contributed by atoms with Gasteiger partial charge in [0.2, 0.25) is 0 Å². The molecule has 38 heavy (non-hydrogen) atoms. The number of aromatic amines is 1. The number of benzene rings is 3. The standard InChI is InChI=1S/C30H31N3O5/c1-21-20-33(28(36)32-27(21)35)29(18-25(34)26(38-29)19-31-37-2)30(22-12-6-3-7-13-22,23-14-8-4-9-15-23)24-16-10-5-11-17-24/h3-17,20,25-26,31,34H,18-19H2,1-2H3,(H,32,35,36)/t25-,26+,29-/m0/s1. The van der Waals surface area contributed by atoms with Gasteiger partial charge in [0, 0.05) is 24.7 Å². The van der Waals surface area contributed by atoms with Crippen LogP contribution in [0.2, 0.25) is 0 Å². The topological polar surface area (TPSA) is 106 Å². The number of aromatic nitrogens is 2. The Kier molecular flexibility index (Phi) is 7.14. The molecule has 196 valence electrons. The Morgan fingerprint density at radius 1 is 0.974 bits per heavy atom. The van der Waals surface area contributed by atoms with Crippen molar-refractivity contribution in [1.29, 1.82) is 0 Å². The molecule has 0 radical (unpaired) electrons. The molecule has 0 saturated carbocycles. The first-order valence-corrected chi connectivity index (χ1v) is 12.6. The van der Waals surface area contributed by atoms with Gasteiger partial charge in [-0.1, -0.05) is 91.0 Å². The van der Waals surface area contributed by atoms with Crippen molar-refractivity contribution in [3.8, 4) is 0 Å². The molecule has 3 N–H and O–H groups in total. The third kappa shape index (κ3) is 4.12. The van der Waals surface area contributed by atoms with Crippen LogP contribution in [0.4, 0.5) is 0 Å². The first-order chi connectivity index (χ1) is 18.4. The van der Waals surface area contributed by atoms with Crippen molar-refractivity contribution in [2.75, 3.05) is 13.7 Å². The highest BCUT2D eigenvalue weighted by molar-refractivity contribution is 5.54. The minimum absolute atomic E-state index is 0.0626. The maximum absolute atomic E-state index is 13.7. The smallest absolute Gasteiger partial charge is 0.330 e. The third-order valence-electron chi connectivity index (χ3n) is 7.41. The van der Waals surface area contributed by atoms with Crippen LogP contribution >= 0.6 is 0 Å². The van der Waals surface area contributed by atoms with Crippen LogP contribution in [-0.4, -0.2) is 40.5 Å². The van der Waals surface area contributed by atoms with Crippen LogP contribution in [-0.2, 0) is 20.7 Å². The van der Waals surface area contributed by atoms with Crippen LogP contribution in [0.5, 0.6) is 0 Å². The second-order valence-electron chi connectivity index (χ2n) is 9.55. The molecule has 3 aromatic carbocycles. The van der Waals surface area contributed by atoms with Crippen molar-refractivity contribution in [2.45, 2.75) is 36.7 Å². The molecule has 0 bridgehead atoms. The van der Waals surface area contributed by atoms with E-state index < -0.39 is 34.6 Å². The number of H-pyrrole nitrogens is 1. The van der Waals surface area contributed by atoms with Crippen molar-refractivity contribution < 1.29 is 14.7 Å². The van der Waals surface area contributed by atoms with E-state index in [2.05, 4.69) is 10.5 Å². The van der Waals surface area contributed by atoms with Gasteiger partial charge in [0.05, 0.1) is 18.6 Å². The van der Waals surface area contributed by atoms with Gasteiger partial charge in [0.25, 0.3) is 5.56 Å². The molecule has 5 rings (SSSR count). The van der Waals surface area contributed by atoms with Crippen molar-refractivity contribution in [2.24, 2.45) is 0 Å². The van der Waals surface area contributed by atoms with Crippen LogP contribution in [0.1, 0.15) is 28.7 Å². The van der Waals surface area contributed by atoms with Gasteiger partial charge in [0.1, 0.15) is 6.10 Å². The quantitative estimate of drug-likeness (QED) is 0.247. The molecule has 4 aromatic rings. The summed E-state index contributed by atoms with van der Waals surface area (Å²) >= 11 is 0. The zero-order chi connectivity index (χ0) is 26.8. The van der Waals surface area contributed by atoms with Gasteiger partial charge in [-0.15, -0.1) is 0 Å². The molecule has 1 aliphatic rings. The minimum atomic E-state index is -1.48. The van der Waals surface area contributed by atoms with Gasteiger partial charge in [0.15, 0.2) is 5.72 Å². The molecule has 1 aromatic heterocycles. The zero-order valence-corrected chi connectivity index (χ0v) is 21.3. The molecule has 1 saturated heterocycles. The summed E-state index contributed by atoms with van der Waals surface area (Å²) in [6.45, 7) is 1.83. The number of rotatable bonds is 8. The van der Waals surface area contributed by atoms with E-state index in [0.29, 0.717) is 5.56 Å². The highest BCUT2D eigenvalue weighted by atomic mass is 16.6. The fraction of sp³-hybridized carbons (Fsp3) is 0.267. The van der Waals surface area contributed by atoms with Crippen molar-refractivity contribution in [3.05, 3.63) is 140 Å². The molecule has 0 amide bonds. The molecule has 3 atom stereocenters. The highest BCUT2D eigenvalue weighted by Crippen LogP contribution is 2.56. The predicted molar refractivity (Wildman–Crippen MR) is 144 cm³/mol. The van der Waals surface area contributed by atoms with E-state index in [1.54, 1.807) is 6.92 Å². The van der Waals surface area contributed by atoms with E-state index in [9.17, 15) is 14.7 Å². The highest BCUT2D eigenvalue weighted by Gasteiger charge is 2.63. The van der Waals surface area contributed by atoms with Crippen molar-refractivity contribution >= 4 is 0 Å². The lowest BCUT2D eigenvalue weighted by Crippen LogP contribution is -2.59. The second-order valence-corrected chi connectivity index (χ2v) is 9.55. The first kappa shape index (κ1) is 25.8. The summed E-state index contributed by atoms with van der Waals surface area (Å²) < 4.78 is 8.35. The molecule has 8 heteroatoms. The molecule has 1 aliphatic heterocycles. The fourth-order valence-electron chi connectivity index (χ4n) is 5.79. The van der Waals surface area contributed by atoms with E-state index in [0.717, 1.165) is 16.7 Å². The summed E-state index contributed by atoms with van der Waals surface area (Å²) in [4.78, 5) is 33.6. The maximum Gasteiger partial charge on any atom is 0.330 e. The van der Waals surface area contributed by atoms with Gasteiger partial charge in [-0.25, -0.2) is 10.3 Å². The Morgan fingerprint density at radius 2 is 1.47 bits per heavy atom. The summed E-state index contributed by atoms with van der Waals surface area (Å²) in [5, 5.41) is 11.4. The Labute approximate surface area is 220 Å². The van der Waals surface area contributed by atoms with Crippen LogP contribution in [0, 0.1) is 6.92 Å². The van der Waals surface area contributed by atoms with Gasteiger partial charge >= 0.3 is 5.69 Å². The number of aryl methyl sites for hydroxylation is 1. The number of hydrogen-bond donors (Lipinski definition) is 3. The normalized spacial score (nSPS) is 21.4. The average Bonchev–Trinajstić information content (AvgIpc) is 3.28. The molecule has 0 unspecified atom stereocenters. The summed E-state index contributed by atoms with van der Waals surface area (Å²) in [5.41, 5.74) is 2.03. The molecular formula is C30H31N3O5. The van der Waals surface area contributed by atoms with Crippen LogP contribution in [0.15, 0.2) is 107 Å². The van der Waals surface area contributed by atoms with E-state index in [-0.39, 0.29) is 13.0 Å². The SMILES string of the molecule is CONC[C@H]1O[C@](n2cc(C)c(=O)[nH]c2=O)(C(c2ccccc2)(c2ccccc2)c2ccccc2)C[C@@H]1O. The lowest BCUT2D eigenvalue weighted by Gasteiger charge is -2.50. The van der Waals surface area contributed by atoms with Crippen LogP contribution in [0.3, 0.4) is 0 Å². The summed E-state index contributed by atoms with van der Waals surface area (Å²) in [6.07, 6.45) is -0.0756. The predicted octanol–water partition coefficient (Wildman–Crippen LogP) is 2.83.